The number of nitrogens with zero attached hydrogens (tertiary/aromatic N) is 3. The number of carbonyl (C=O) groups is 1. The number of anilines is 1. The number of aromatic nitrogens is 4. The number of aromatic carboxylic acids is 1. The SMILES string of the molecule is Cc1cc([C@@H](C)Nc2ccc(Cl)nc2C(=O)O)c2nc(-c3ccc(-c4cc(C)no4)cc3)[nH]c(=O)c2c1. The van der Waals surface area contributed by atoms with E-state index >= 15 is 0 Å². The number of carboxylic acids is 1. The summed E-state index contributed by atoms with van der Waals surface area (Å²) in [6.07, 6.45) is 0. The van der Waals surface area contributed by atoms with Crippen molar-refractivity contribution >= 4 is 34.2 Å². The fourth-order valence-electron chi connectivity index (χ4n) is 4.20. The zero-order valence-corrected chi connectivity index (χ0v) is 20.9. The Bertz CT molecular complexity index is 1710. The van der Waals surface area contributed by atoms with Crippen LogP contribution in [0.2, 0.25) is 5.15 Å². The van der Waals surface area contributed by atoms with E-state index in [-0.39, 0.29) is 16.4 Å². The molecule has 3 N–H and O–H groups in total. The molecule has 5 aromatic rings. The maximum atomic E-state index is 13.1. The van der Waals surface area contributed by atoms with Gasteiger partial charge >= 0.3 is 5.97 Å². The van der Waals surface area contributed by atoms with Crippen molar-refractivity contribution in [1.29, 1.82) is 0 Å². The van der Waals surface area contributed by atoms with Gasteiger partial charge in [0.1, 0.15) is 11.0 Å². The lowest BCUT2D eigenvalue weighted by Crippen LogP contribution is -2.16. The van der Waals surface area contributed by atoms with Gasteiger partial charge in [0.2, 0.25) is 0 Å². The molecule has 0 radical (unpaired) electrons. The molecule has 1 atom stereocenters. The Kier molecular flexibility index (Phi) is 6.22. The number of aromatic amines is 1. The molecule has 9 nitrogen and oxygen atoms in total. The molecule has 186 valence electrons. The van der Waals surface area contributed by atoms with Crippen molar-refractivity contribution in [3.05, 3.63) is 92.6 Å². The lowest BCUT2D eigenvalue weighted by molar-refractivity contribution is 0.0691. The van der Waals surface area contributed by atoms with E-state index in [0.717, 1.165) is 27.9 Å². The first-order chi connectivity index (χ1) is 17.7. The molecule has 0 saturated heterocycles. The average molecular weight is 516 g/mol. The summed E-state index contributed by atoms with van der Waals surface area (Å²) in [5, 5.41) is 17.2. The molecule has 3 heterocycles. The molecule has 5 rings (SSSR count). The van der Waals surface area contributed by atoms with Crippen LogP contribution in [-0.2, 0) is 0 Å². The predicted octanol–water partition coefficient (Wildman–Crippen LogP) is 5.78. The molecule has 10 heteroatoms. The highest BCUT2D eigenvalue weighted by atomic mass is 35.5. The number of nitrogens with one attached hydrogen (secondary N) is 2. The van der Waals surface area contributed by atoms with E-state index in [1.165, 1.54) is 6.07 Å². The molecule has 0 fully saturated rings. The number of carboxylic acid groups (broad SMARTS) is 1. The number of pyridine rings is 1. The van der Waals surface area contributed by atoms with Gasteiger partial charge in [-0.15, -0.1) is 0 Å². The average Bonchev–Trinajstić information content (AvgIpc) is 3.31. The molecule has 0 aliphatic heterocycles. The topological polar surface area (TPSA) is 134 Å². The second-order valence-corrected chi connectivity index (χ2v) is 9.16. The summed E-state index contributed by atoms with van der Waals surface area (Å²) in [5.74, 6) is -0.138. The molecule has 37 heavy (non-hydrogen) atoms. The van der Waals surface area contributed by atoms with Crippen LogP contribution in [0.3, 0.4) is 0 Å². The second-order valence-electron chi connectivity index (χ2n) is 8.78. The summed E-state index contributed by atoms with van der Waals surface area (Å²) in [5.41, 5.74) is 4.33. The van der Waals surface area contributed by atoms with Crippen molar-refractivity contribution in [3.8, 4) is 22.7 Å². The molecule has 3 aromatic heterocycles. The number of fused-ring (bicyclic) bond motifs is 1. The lowest BCUT2D eigenvalue weighted by Gasteiger charge is -2.19. The molecule has 0 saturated carbocycles. The van der Waals surface area contributed by atoms with Gasteiger partial charge in [0.05, 0.1) is 28.3 Å². The Labute approximate surface area is 216 Å². The van der Waals surface area contributed by atoms with Crippen molar-refractivity contribution in [3.63, 3.8) is 0 Å². The first kappa shape index (κ1) is 24.2. The summed E-state index contributed by atoms with van der Waals surface area (Å²) in [4.78, 5) is 36.4. The number of aryl methyl sites for hydroxylation is 2. The largest absolute Gasteiger partial charge is 0.476 e. The highest BCUT2D eigenvalue weighted by molar-refractivity contribution is 6.29. The molecule has 2 aromatic carbocycles. The number of rotatable bonds is 6. The van der Waals surface area contributed by atoms with E-state index in [0.29, 0.717) is 28.2 Å². The quantitative estimate of drug-likeness (QED) is 0.242. The summed E-state index contributed by atoms with van der Waals surface area (Å²) >= 11 is 5.89. The Hall–Kier alpha value is -4.50. The summed E-state index contributed by atoms with van der Waals surface area (Å²) in [7, 11) is 0. The van der Waals surface area contributed by atoms with Crippen LogP contribution in [0, 0.1) is 13.8 Å². The van der Waals surface area contributed by atoms with Crippen LogP contribution in [0.15, 0.2) is 63.9 Å². The number of hydrogen-bond acceptors (Lipinski definition) is 7. The molecule has 0 bridgehead atoms. The minimum atomic E-state index is -1.20. The van der Waals surface area contributed by atoms with Gasteiger partial charge in [-0.3, -0.25) is 4.79 Å². The first-order valence-corrected chi connectivity index (χ1v) is 11.8. The zero-order chi connectivity index (χ0) is 26.3. The van der Waals surface area contributed by atoms with Crippen LogP contribution in [0.4, 0.5) is 5.69 Å². The predicted molar refractivity (Wildman–Crippen MR) is 141 cm³/mol. The van der Waals surface area contributed by atoms with Gasteiger partial charge in [-0.25, -0.2) is 14.8 Å². The highest BCUT2D eigenvalue weighted by Gasteiger charge is 2.19. The maximum absolute atomic E-state index is 13.1. The van der Waals surface area contributed by atoms with E-state index in [9.17, 15) is 14.7 Å². The van der Waals surface area contributed by atoms with Crippen molar-refractivity contribution in [2.24, 2.45) is 0 Å². The number of halogens is 1. The molecular weight excluding hydrogens is 494 g/mol. The van der Waals surface area contributed by atoms with Crippen LogP contribution in [0.5, 0.6) is 0 Å². The molecule has 0 unspecified atom stereocenters. The van der Waals surface area contributed by atoms with E-state index < -0.39 is 12.0 Å². The molecule has 0 spiro atoms. The van der Waals surface area contributed by atoms with Gasteiger partial charge in [-0.2, -0.15) is 0 Å². The minimum absolute atomic E-state index is 0.0823. The summed E-state index contributed by atoms with van der Waals surface area (Å²) in [6, 6.07) is 15.7. The molecular formula is C27H22ClN5O4. The van der Waals surface area contributed by atoms with Gasteiger partial charge in [0.15, 0.2) is 11.5 Å². The van der Waals surface area contributed by atoms with Gasteiger partial charge in [0, 0.05) is 22.8 Å². The van der Waals surface area contributed by atoms with Gasteiger partial charge in [0.25, 0.3) is 5.56 Å². The van der Waals surface area contributed by atoms with Crippen molar-refractivity contribution in [1.82, 2.24) is 20.1 Å². The van der Waals surface area contributed by atoms with Crippen molar-refractivity contribution in [2.45, 2.75) is 26.8 Å². The van der Waals surface area contributed by atoms with Crippen molar-refractivity contribution < 1.29 is 14.4 Å². The summed E-state index contributed by atoms with van der Waals surface area (Å²) in [6.45, 7) is 5.61. The molecule has 0 amide bonds. The standard InChI is InChI=1S/C27H22ClN5O4/c1-13-10-18(15(3)29-20-8-9-22(28)30-24(20)27(35)36)23-19(11-13)26(34)32-25(31-23)17-6-4-16(5-7-17)21-12-14(2)33-37-21/h4-12,15,29H,1-3H3,(H,35,36)(H,31,32,34)/t15-/m1/s1. The smallest absolute Gasteiger partial charge is 0.356 e. The van der Waals surface area contributed by atoms with Crippen LogP contribution < -0.4 is 10.9 Å². The van der Waals surface area contributed by atoms with Crippen LogP contribution >= 0.6 is 11.6 Å². The Morgan fingerprint density at radius 2 is 1.78 bits per heavy atom. The van der Waals surface area contributed by atoms with Gasteiger partial charge in [-0.05, 0) is 44.5 Å². The number of benzene rings is 2. The van der Waals surface area contributed by atoms with E-state index in [1.807, 2.05) is 57.2 Å². The van der Waals surface area contributed by atoms with Crippen LogP contribution in [0.1, 0.15) is 40.3 Å². The van der Waals surface area contributed by atoms with E-state index in [1.54, 1.807) is 12.1 Å². The van der Waals surface area contributed by atoms with Gasteiger partial charge in [-0.1, -0.05) is 47.1 Å². The first-order valence-electron chi connectivity index (χ1n) is 11.4. The van der Waals surface area contributed by atoms with Crippen LogP contribution in [0.25, 0.3) is 33.6 Å². The fourth-order valence-corrected chi connectivity index (χ4v) is 4.35. The minimum Gasteiger partial charge on any atom is -0.476 e. The normalized spacial score (nSPS) is 12.0. The zero-order valence-electron chi connectivity index (χ0n) is 20.2. The fraction of sp³-hybridized carbons (Fsp3) is 0.148. The van der Waals surface area contributed by atoms with E-state index in [4.69, 9.17) is 21.1 Å². The third-order valence-electron chi connectivity index (χ3n) is 5.96. The van der Waals surface area contributed by atoms with Gasteiger partial charge < -0.3 is 19.9 Å². The lowest BCUT2D eigenvalue weighted by atomic mass is 10.0. The van der Waals surface area contributed by atoms with Crippen molar-refractivity contribution in [2.75, 3.05) is 5.32 Å². The van der Waals surface area contributed by atoms with Crippen LogP contribution in [-0.4, -0.2) is 31.2 Å². The number of H-pyrrole nitrogens is 1. The molecule has 0 aliphatic rings. The second kappa shape index (κ2) is 9.51. The monoisotopic (exact) mass is 515 g/mol. The Morgan fingerprint density at radius 1 is 1.05 bits per heavy atom. The Morgan fingerprint density at radius 3 is 2.46 bits per heavy atom. The van der Waals surface area contributed by atoms with E-state index in [2.05, 4.69) is 20.4 Å². The Balaban J connectivity index is 1.56. The highest BCUT2D eigenvalue weighted by Crippen LogP contribution is 2.29. The number of hydrogen-bond donors (Lipinski definition) is 3. The molecule has 0 aliphatic carbocycles. The maximum Gasteiger partial charge on any atom is 0.356 e. The summed E-state index contributed by atoms with van der Waals surface area (Å²) < 4.78 is 5.33. The third-order valence-corrected chi connectivity index (χ3v) is 6.17. The third kappa shape index (κ3) is 4.81.